The van der Waals surface area contributed by atoms with Crippen molar-refractivity contribution in [3.63, 3.8) is 0 Å². The number of likely N-dealkylation sites (tertiary alicyclic amines) is 1. The number of hydrogen-bond acceptors (Lipinski definition) is 8. The molecule has 0 N–H and O–H groups in total. The van der Waals surface area contributed by atoms with Gasteiger partial charge in [-0.15, -0.1) is 0 Å². The third-order valence-corrected chi connectivity index (χ3v) is 6.83. The zero-order chi connectivity index (χ0) is 26.3. The number of pyridine rings is 1. The van der Waals surface area contributed by atoms with Gasteiger partial charge < -0.3 is 4.90 Å². The lowest BCUT2D eigenvalue weighted by Crippen LogP contribution is -2.46. The summed E-state index contributed by atoms with van der Waals surface area (Å²) in [4.78, 5) is 58.0. The first-order chi connectivity index (χ1) is 17.8. The first-order valence-corrected chi connectivity index (χ1v) is 12.2. The zero-order valence-corrected chi connectivity index (χ0v) is 21.0. The predicted molar refractivity (Wildman–Crippen MR) is 138 cm³/mol. The van der Waals surface area contributed by atoms with E-state index in [-0.39, 0.29) is 41.5 Å². The third-order valence-electron chi connectivity index (χ3n) is 6.83. The molecule has 5 rings (SSSR count). The molecule has 3 aromatic rings. The second kappa shape index (κ2) is 9.61. The third kappa shape index (κ3) is 4.50. The van der Waals surface area contributed by atoms with Crippen LogP contribution in [0.5, 0.6) is 0 Å². The van der Waals surface area contributed by atoms with Crippen LogP contribution in [0.15, 0.2) is 54.6 Å². The summed E-state index contributed by atoms with van der Waals surface area (Å²) < 4.78 is 1.50. The maximum atomic E-state index is 13.6. The van der Waals surface area contributed by atoms with Crippen LogP contribution in [-0.4, -0.2) is 64.9 Å². The van der Waals surface area contributed by atoms with E-state index in [0.717, 1.165) is 6.42 Å². The molecule has 1 aliphatic heterocycles. The number of nitrogens with zero attached hydrogens (tertiary/aromatic N) is 7. The Morgan fingerprint density at radius 2 is 1.92 bits per heavy atom. The minimum atomic E-state index is -0.577. The summed E-state index contributed by atoms with van der Waals surface area (Å²) in [6.45, 7) is 8.53. The number of aromatic nitrogens is 5. The monoisotopic (exact) mass is 497 g/mol. The average molecular weight is 498 g/mol. The molecule has 1 saturated carbocycles. The number of fused-ring (bicyclic) bond motifs is 2. The number of aryl methyl sites for hydroxylation is 1. The lowest BCUT2D eigenvalue weighted by molar-refractivity contribution is -0.137. The van der Waals surface area contributed by atoms with Gasteiger partial charge in [-0.1, -0.05) is 12.7 Å². The van der Waals surface area contributed by atoms with Gasteiger partial charge in [0.2, 0.25) is 11.7 Å². The van der Waals surface area contributed by atoms with E-state index in [9.17, 15) is 14.4 Å². The number of ketones is 2. The molecule has 188 valence electrons. The summed E-state index contributed by atoms with van der Waals surface area (Å²) in [5.74, 6) is 0.321. The van der Waals surface area contributed by atoms with E-state index in [0.29, 0.717) is 40.3 Å². The predicted octanol–water partition coefficient (Wildman–Crippen LogP) is 3.12. The maximum absolute atomic E-state index is 13.6. The standard InChI is InChI=1S/C27H27N7O3/c1-5-7-20(28-6-2)27(37)23-9-17-8-22(17)34(23)25(36)14-33-24-13-31-21(18-11-29-16(4)30-12-18)10-19(24)26(32-33)15(3)35/h5-7,10-13,17,22-23H,2,8-9,14H2,1,3-4H3/b7-5-,28-20+/t17-,22-,23+/m1/s1. The molecule has 1 saturated heterocycles. The molecule has 0 radical (unpaired) electrons. The van der Waals surface area contributed by atoms with Gasteiger partial charge in [-0.2, -0.15) is 5.10 Å². The quantitative estimate of drug-likeness (QED) is 0.346. The van der Waals surface area contributed by atoms with E-state index in [1.54, 1.807) is 48.6 Å². The van der Waals surface area contributed by atoms with Gasteiger partial charge in [-0.3, -0.25) is 29.0 Å². The molecule has 3 atom stereocenters. The van der Waals surface area contributed by atoms with Crippen LogP contribution in [0.2, 0.25) is 0 Å². The Morgan fingerprint density at radius 1 is 1.16 bits per heavy atom. The molecule has 2 fully saturated rings. The Morgan fingerprint density at radius 3 is 2.59 bits per heavy atom. The van der Waals surface area contributed by atoms with Crippen molar-refractivity contribution in [3.05, 3.63) is 61.1 Å². The second-order valence-electron chi connectivity index (χ2n) is 9.34. The molecule has 3 aromatic heterocycles. The Kier molecular flexibility index (Phi) is 6.32. The van der Waals surface area contributed by atoms with Crippen molar-refractivity contribution in [3.8, 4) is 11.3 Å². The van der Waals surface area contributed by atoms with Crippen molar-refractivity contribution in [1.29, 1.82) is 0 Å². The van der Waals surface area contributed by atoms with Gasteiger partial charge in [-0.05, 0) is 44.7 Å². The first-order valence-electron chi connectivity index (χ1n) is 12.2. The van der Waals surface area contributed by atoms with Gasteiger partial charge in [0.15, 0.2) is 5.78 Å². The highest BCUT2D eigenvalue weighted by atomic mass is 16.2. The van der Waals surface area contributed by atoms with E-state index in [1.165, 1.54) is 17.8 Å². The zero-order valence-electron chi connectivity index (χ0n) is 21.0. The highest BCUT2D eigenvalue weighted by Gasteiger charge is 2.56. The van der Waals surface area contributed by atoms with Crippen molar-refractivity contribution in [2.75, 3.05) is 0 Å². The molecule has 4 heterocycles. The van der Waals surface area contributed by atoms with E-state index in [1.807, 2.05) is 6.92 Å². The number of hydrogen-bond donors (Lipinski definition) is 0. The van der Waals surface area contributed by atoms with Gasteiger partial charge in [0.25, 0.3) is 0 Å². The summed E-state index contributed by atoms with van der Waals surface area (Å²) in [6, 6.07) is 1.23. The van der Waals surface area contributed by atoms with E-state index in [2.05, 4.69) is 31.6 Å². The number of carbonyl (C=O) groups is 3. The van der Waals surface area contributed by atoms with Crippen molar-refractivity contribution in [2.45, 2.75) is 52.2 Å². The minimum Gasteiger partial charge on any atom is -0.327 e. The number of allylic oxidation sites excluding steroid dienone is 2. The molecule has 10 nitrogen and oxygen atoms in total. The molecular weight excluding hydrogens is 470 g/mol. The van der Waals surface area contributed by atoms with Crippen molar-refractivity contribution < 1.29 is 14.4 Å². The normalized spacial score (nSPS) is 20.9. The molecule has 1 amide bonds. The molecule has 0 aromatic carbocycles. The van der Waals surface area contributed by atoms with Crippen LogP contribution in [0, 0.1) is 12.8 Å². The lowest BCUT2D eigenvalue weighted by atomic mass is 10.0. The molecule has 1 aliphatic carbocycles. The summed E-state index contributed by atoms with van der Waals surface area (Å²) >= 11 is 0. The Labute approximate surface area is 213 Å². The number of aliphatic imine (C=N–C) groups is 1. The van der Waals surface area contributed by atoms with Crippen molar-refractivity contribution >= 4 is 34.1 Å². The summed E-state index contributed by atoms with van der Waals surface area (Å²) in [6.07, 6.45) is 11.2. The first kappa shape index (κ1) is 24.4. The fourth-order valence-electron chi connectivity index (χ4n) is 5.01. The Bertz CT molecular complexity index is 1490. The smallest absolute Gasteiger partial charge is 0.245 e. The number of piperidine rings is 1. The molecule has 2 aliphatic rings. The Hall–Kier alpha value is -4.34. The topological polar surface area (TPSA) is 123 Å². The van der Waals surface area contributed by atoms with Gasteiger partial charge in [-0.25, -0.2) is 9.97 Å². The highest BCUT2D eigenvalue weighted by molar-refractivity contribution is 6.46. The summed E-state index contributed by atoms with van der Waals surface area (Å²) in [7, 11) is 0. The highest BCUT2D eigenvalue weighted by Crippen LogP contribution is 2.48. The van der Waals surface area contributed by atoms with Gasteiger partial charge in [0.05, 0.1) is 23.4 Å². The molecule has 0 spiro atoms. The van der Waals surface area contributed by atoms with E-state index in [4.69, 9.17) is 0 Å². The van der Waals surface area contributed by atoms with E-state index < -0.39 is 6.04 Å². The van der Waals surface area contributed by atoms with Crippen LogP contribution in [-0.2, 0) is 16.1 Å². The van der Waals surface area contributed by atoms with Crippen molar-refractivity contribution in [2.24, 2.45) is 10.9 Å². The van der Waals surface area contributed by atoms with Crippen LogP contribution in [0.1, 0.15) is 43.0 Å². The summed E-state index contributed by atoms with van der Waals surface area (Å²) in [5.41, 5.74) is 2.41. The van der Waals surface area contributed by atoms with Gasteiger partial charge in [0.1, 0.15) is 23.8 Å². The van der Waals surface area contributed by atoms with E-state index >= 15 is 0 Å². The van der Waals surface area contributed by atoms with Crippen LogP contribution in [0.25, 0.3) is 22.2 Å². The minimum absolute atomic E-state index is 0.0393. The van der Waals surface area contributed by atoms with Crippen molar-refractivity contribution in [1.82, 2.24) is 29.6 Å². The number of Topliss-reactive ketones (excluding diaryl/α,β-unsaturated/α-hetero) is 2. The number of amides is 1. The molecular formula is C27H27N7O3. The summed E-state index contributed by atoms with van der Waals surface area (Å²) in [5, 5.41) is 5.06. The Balaban J connectivity index is 1.46. The molecule has 0 unspecified atom stereocenters. The molecule has 0 bridgehead atoms. The fourth-order valence-corrected chi connectivity index (χ4v) is 5.01. The van der Waals surface area contributed by atoms with Crippen LogP contribution >= 0.6 is 0 Å². The largest absolute Gasteiger partial charge is 0.327 e. The van der Waals surface area contributed by atoms with Crippen LogP contribution in [0.3, 0.4) is 0 Å². The number of carbonyl (C=O) groups excluding carboxylic acids is 3. The van der Waals surface area contributed by atoms with Crippen LogP contribution < -0.4 is 0 Å². The molecule has 10 heteroatoms. The maximum Gasteiger partial charge on any atom is 0.245 e. The second-order valence-corrected chi connectivity index (χ2v) is 9.34. The average Bonchev–Trinajstić information content (AvgIpc) is 3.39. The number of rotatable bonds is 8. The molecule has 37 heavy (non-hydrogen) atoms. The lowest BCUT2D eigenvalue weighted by Gasteiger charge is -2.26. The van der Waals surface area contributed by atoms with Crippen LogP contribution in [0.4, 0.5) is 0 Å². The van der Waals surface area contributed by atoms with Gasteiger partial charge >= 0.3 is 0 Å². The SMILES string of the molecule is C=C/N=C(\C=C/C)C(=O)[C@@H]1C[C@H]2C[C@H]2N1C(=O)Cn1nc(C(C)=O)c2cc(-c3cnc(C)nc3)ncc21. The van der Waals surface area contributed by atoms with Gasteiger partial charge in [0, 0.05) is 42.5 Å². The fraction of sp³-hybridized carbons (Fsp3) is 0.333.